The molecule has 6 heteroatoms. The summed E-state index contributed by atoms with van der Waals surface area (Å²) in [4.78, 5) is 0. The number of nitrogens with two attached hydrogens (primary N) is 1. The molecule has 4 N–H and O–H groups in total. The number of fused-ring (bicyclic) bond motifs is 1. The van der Waals surface area contributed by atoms with Gasteiger partial charge in [0.25, 0.3) is 0 Å². The van der Waals surface area contributed by atoms with Crippen LogP contribution < -0.4 is 20.5 Å². The number of benzene rings is 1. The van der Waals surface area contributed by atoms with Gasteiger partial charge in [-0.15, -0.1) is 12.4 Å². The van der Waals surface area contributed by atoms with E-state index in [1.165, 1.54) is 0 Å². The molecule has 0 aromatic heterocycles. The van der Waals surface area contributed by atoms with E-state index in [0.717, 1.165) is 0 Å². The molecule has 0 fully saturated rings. The van der Waals surface area contributed by atoms with Crippen LogP contribution in [0.3, 0.4) is 0 Å². The van der Waals surface area contributed by atoms with E-state index in [4.69, 9.17) is 15.2 Å². The van der Waals surface area contributed by atoms with Crippen LogP contribution in [0.5, 0.6) is 11.5 Å². The topological polar surface area (TPSA) is 76.7 Å². The number of anilines is 1. The van der Waals surface area contributed by atoms with Crippen molar-refractivity contribution in [1.82, 2.24) is 5.32 Å². The van der Waals surface area contributed by atoms with Crippen molar-refractivity contribution in [3.05, 3.63) is 18.2 Å². The number of aliphatic hydroxyl groups is 1. The number of hydrogen-bond donors (Lipinski definition) is 3. The Kier molecular flexibility index (Phi) is 5.29. The monoisotopic (exact) mass is 288 g/mol. The van der Waals surface area contributed by atoms with Crippen LogP contribution in [0.1, 0.15) is 13.8 Å². The van der Waals surface area contributed by atoms with E-state index in [9.17, 15) is 5.11 Å². The summed E-state index contributed by atoms with van der Waals surface area (Å²) in [5, 5.41) is 13.6. The molecule has 0 aliphatic carbocycles. The third-order valence-corrected chi connectivity index (χ3v) is 2.80. The van der Waals surface area contributed by atoms with Gasteiger partial charge in [0.05, 0.1) is 0 Å². The lowest BCUT2D eigenvalue weighted by molar-refractivity contribution is -0.0277. The average Bonchev–Trinajstić information content (AvgIpc) is 2.48. The van der Waals surface area contributed by atoms with Gasteiger partial charge in [0.2, 0.25) is 0 Å². The number of ether oxygens (including phenoxy) is 2. The van der Waals surface area contributed by atoms with Gasteiger partial charge in [0.1, 0.15) is 18.8 Å². The summed E-state index contributed by atoms with van der Waals surface area (Å²) in [6.07, 6.45) is 0. The Morgan fingerprint density at radius 3 is 2.58 bits per heavy atom. The third-order valence-electron chi connectivity index (χ3n) is 2.80. The van der Waals surface area contributed by atoms with Crippen LogP contribution in [0.25, 0.3) is 0 Å². The maximum atomic E-state index is 10.4. The van der Waals surface area contributed by atoms with Crippen molar-refractivity contribution in [2.45, 2.75) is 25.5 Å². The minimum Gasteiger partial charge on any atom is -0.486 e. The first-order valence-corrected chi connectivity index (χ1v) is 6.09. The Balaban J connectivity index is 0.00000180. The summed E-state index contributed by atoms with van der Waals surface area (Å²) in [5.74, 6) is 1.19. The Hall–Kier alpha value is -1.17. The van der Waals surface area contributed by atoms with Crippen molar-refractivity contribution in [3.8, 4) is 11.5 Å². The van der Waals surface area contributed by atoms with Crippen molar-refractivity contribution in [3.63, 3.8) is 0 Å². The lowest BCUT2D eigenvalue weighted by Gasteiger charge is -2.26. The molecule has 1 aliphatic heterocycles. The van der Waals surface area contributed by atoms with Crippen LogP contribution in [0.4, 0.5) is 5.69 Å². The average molecular weight is 289 g/mol. The minimum atomic E-state index is -1.03. The first-order valence-electron chi connectivity index (χ1n) is 6.09. The van der Waals surface area contributed by atoms with Crippen molar-refractivity contribution < 1.29 is 14.6 Å². The van der Waals surface area contributed by atoms with E-state index in [-0.39, 0.29) is 25.6 Å². The van der Waals surface area contributed by atoms with Crippen molar-refractivity contribution in [2.24, 2.45) is 0 Å². The molecule has 0 saturated heterocycles. The Morgan fingerprint density at radius 2 is 1.95 bits per heavy atom. The molecule has 0 saturated carbocycles. The first kappa shape index (κ1) is 15.9. The molecule has 1 aliphatic rings. The smallest absolute Gasteiger partial charge is 0.163 e. The zero-order chi connectivity index (χ0) is 13.2. The Labute approximate surface area is 119 Å². The highest BCUT2D eigenvalue weighted by molar-refractivity contribution is 5.85. The molecule has 5 nitrogen and oxygen atoms in total. The van der Waals surface area contributed by atoms with E-state index < -0.39 is 5.60 Å². The lowest BCUT2D eigenvalue weighted by atomic mass is 10.1. The molecule has 19 heavy (non-hydrogen) atoms. The fraction of sp³-hybridized carbons (Fsp3) is 0.538. The molecule has 1 heterocycles. The molecule has 1 unspecified atom stereocenters. The molecule has 0 amide bonds. The van der Waals surface area contributed by atoms with Gasteiger partial charge in [0, 0.05) is 24.3 Å². The van der Waals surface area contributed by atoms with Crippen LogP contribution in [-0.2, 0) is 0 Å². The SMILES string of the molecule is CC(C)NCC1(O)COc2ccc(N)cc2OC1.Cl. The summed E-state index contributed by atoms with van der Waals surface area (Å²) in [7, 11) is 0. The van der Waals surface area contributed by atoms with E-state index in [1.807, 2.05) is 13.8 Å². The highest BCUT2D eigenvalue weighted by Crippen LogP contribution is 2.32. The van der Waals surface area contributed by atoms with Gasteiger partial charge in [-0.1, -0.05) is 13.8 Å². The van der Waals surface area contributed by atoms with E-state index >= 15 is 0 Å². The van der Waals surface area contributed by atoms with Gasteiger partial charge in [-0.2, -0.15) is 0 Å². The number of halogens is 1. The molecule has 0 spiro atoms. The zero-order valence-corrected chi connectivity index (χ0v) is 12.0. The Bertz CT molecular complexity index is 428. The molecule has 1 aromatic carbocycles. The van der Waals surface area contributed by atoms with Crippen molar-refractivity contribution in [1.29, 1.82) is 0 Å². The largest absolute Gasteiger partial charge is 0.486 e. The van der Waals surface area contributed by atoms with E-state index in [1.54, 1.807) is 18.2 Å². The quantitative estimate of drug-likeness (QED) is 0.729. The van der Waals surface area contributed by atoms with Gasteiger partial charge in [-0.3, -0.25) is 0 Å². The fourth-order valence-electron chi connectivity index (χ4n) is 1.72. The zero-order valence-electron chi connectivity index (χ0n) is 11.2. The molecule has 1 aromatic rings. The lowest BCUT2D eigenvalue weighted by Crippen LogP contribution is -2.50. The highest BCUT2D eigenvalue weighted by atomic mass is 35.5. The molecule has 0 radical (unpaired) electrons. The Morgan fingerprint density at radius 1 is 1.32 bits per heavy atom. The minimum absolute atomic E-state index is 0. The molecule has 108 valence electrons. The number of nitrogens with one attached hydrogen (secondary N) is 1. The van der Waals surface area contributed by atoms with Gasteiger partial charge in [0.15, 0.2) is 11.5 Å². The summed E-state index contributed by atoms with van der Waals surface area (Å²) in [6.45, 7) is 4.86. The second-order valence-electron chi connectivity index (χ2n) is 5.04. The predicted molar refractivity (Wildman–Crippen MR) is 77.2 cm³/mol. The maximum Gasteiger partial charge on any atom is 0.163 e. The van der Waals surface area contributed by atoms with Gasteiger partial charge < -0.3 is 25.6 Å². The predicted octanol–water partition coefficient (Wildman–Crippen LogP) is 1.19. The van der Waals surface area contributed by atoms with Crippen LogP contribution >= 0.6 is 12.4 Å². The third kappa shape index (κ3) is 4.16. The summed E-state index contributed by atoms with van der Waals surface area (Å²) in [6, 6.07) is 5.51. The first-order chi connectivity index (χ1) is 8.48. The van der Waals surface area contributed by atoms with E-state index in [2.05, 4.69) is 5.32 Å². The molecule has 0 bridgehead atoms. The summed E-state index contributed by atoms with van der Waals surface area (Å²) < 4.78 is 11.2. The van der Waals surface area contributed by atoms with E-state index in [0.29, 0.717) is 29.8 Å². The molecule has 1 atom stereocenters. The summed E-state index contributed by atoms with van der Waals surface area (Å²) >= 11 is 0. The number of hydrogen-bond acceptors (Lipinski definition) is 5. The van der Waals surface area contributed by atoms with Crippen molar-refractivity contribution in [2.75, 3.05) is 25.5 Å². The number of nitrogen functional groups attached to an aromatic ring is 1. The second kappa shape index (κ2) is 6.32. The number of rotatable bonds is 3. The normalized spacial score (nSPS) is 21.7. The molecular formula is C13H21ClN2O3. The standard InChI is InChI=1S/C13H20N2O3.ClH/c1-9(2)15-6-13(16)7-17-11-4-3-10(14)5-12(11)18-8-13;/h3-5,9,15-16H,6-8,14H2,1-2H3;1H. The van der Waals surface area contributed by atoms with Crippen LogP contribution in [0.2, 0.25) is 0 Å². The van der Waals surface area contributed by atoms with Crippen molar-refractivity contribution >= 4 is 18.1 Å². The molecule has 2 rings (SSSR count). The molecular weight excluding hydrogens is 268 g/mol. The van der Waals surface area contributed by atoms with Gasteiger partial charge in [-0.05, 0) is 12.1 Å². The van der Waals surface area contributed by atoms with Crippen LogP contribution in [0.15, 0.2) is 18.2 Å². The highest BCUT2D eigenvalue weighted by Gasteiger charge is 2.32. The van der Waals surface area contributed by atoms with Crippen LogP contribution in [0, 0.1) is 0 Å². The fourth-order valence-corrected chi connectivity index (χ4v) is 1.72. The van der Waals surface area contributed by atoms with Gasteiger partial charge in [-0.25, -0.2) is 0 Å². The van der Waals surface area contributed by atoms with Gasteiger partial charge >= 0.3 is 0 Å². The second-order valence-corrected chi connectivity index (χ2v) is 5.04. The maximum absolute atomic E-state index is 10.4. The summed E-state index contributed by atoms with van der Waals surface area (Å²) in [5.41, 5.74) is 5.27. The van der Waals surface area contributed by atoms with Crippen LogP contribution in [-0.4, -0.2) is 36.5 Å².